The van der Waals surface area contributed by atoms with E-state index in [1.165, 1.54) is 0 Å². The van der Waals surface area contributed by atoms with Crippen molar-refractivity contribution >= 4 is 6.09 Å². The lowest BCUT2D eigenvalue weighted by atomic mass is 10.00. The smallest absolute Gasteiger partial charge is 0.410 e. The van der Waals surface area contributed by atoms with Gasteiger partial charge in [-0.25, -0.2) is 4.79 Å². The van der Waals surface area contributed by atoms with Gasteiger partial charge in [0.15, 0.2) is 0 Å². The molecule has 1 aliphatic rings. The topological polar surface area (TPSA) is 73.6 Å². The Kier molecular flexibility index (Phi) is 4.74. The van der Waals surface area contributed by atoms with E-state index < -0.39 is 5.60 Å². The molecular formula is C13H20N2O3. The molecule has 5 nitrogen and oxygen atoms in total. The lowest BCUT2D eigenvalue weighted by Gasteiger charge is -2.31. The third kappa shape index (κ3) is 4.04. The number of aliphatic hydroxyl groups is 1. The van der Waals surface area contributed by atoms with Gasteiger partial charge in [-0.3, -0.25) is 0 Å². The van der Waals surface area contributed by atoms with Crippen molar-refractivity contribution in [3.8, 4) is 6.07 Å². The summed E-state index contributed by atoms with van der Waals surface area (Å²) in [5.41, 5.74) is 0.674. The molecule has 0 aromatic rings. The Morgan fingerprint density at radius 2 is 2.22 bits per heavy atom. The number of carbonyl (C=O) groups is 1. The molecule has 1 amide bonds. The predicted molar refractivity (Wildman–Crippen MR) is 66.8 cm³/mol. The van der Waals surface area contributed by atoms with E-state index in [0.29, 0.717) is 18.7 Å². The van der Waals surface area contributed by atoms with Crippen LogP contribution in [-0.4, -0.2) is 41.4 Å². The molecule has 0 spiro atoms. The van der Waals surface area contributed by atoms with Gasteiger partial charge in [0.25, 0.3) is 0 Å². The number of nitriles is 1. The molecular weight excluding hydrogens is 232 g/mol. The molecule has 0 radical (unpaired) electrons. The fourth-order valence-electron chi connectivity index (χ4n) is 1.83. The number of hydrogen-bond donors (Lipinski definition) is 1. The molecule has 0 unspecified atom stereocenters. The molecule has 1 N–H and O–H groups in total. The van der Waals surface area contributed by atoms with Crippen molar-refractivity contribution in [1.82, 2.24) is 4.90 Å². The van der Waals surface area contributed by atoms with Gasteiger partial charge in [0.1, 0.15) is 5.60 Å². The second-order valence-corrected chi connectivity index (χ2v) is 5.36. The summed E-state index contributed by atoms with van der Waals surface area (Å²) in [5, 5.41) is 18.0. The van der Waals surface area contributed by atoms with E-state index >= 15 is 0 Å². The zero-order chi connectivity index (χ0) is 13.8. The summed E-state index contributed by atoms with van der Waals surface area (Å²) >= 11 is 0. The third-order valence-electron chi connectivity index (χ3n) is 2.66. The highest BCUT2D eigenvalue weighted by Crippen LogP contribution is 2.21. The second kappa shape index (κ2) is 5.87. The maximum absolute atomic E-state index is 11.9. The Labute approximate surface area is 108 Å². The number of hydrogen-bond acceptors (Lipinski definition) is 4. The summed E-state index contributed by atoms with van der Waals surface area (Å²) in [6.45, 7) is 6.19. The first-order valence-corrected chi connectivity index (χ1v) is 6.07. The molecule has 0 atom stereocenters. The van der Waals surface area contributed by atoms with E-state index in [4.69, 9.17) is 15.1 Å². The number of aliphatic hydroxyl groups excluding tert-OH is 1. The van der Waals surface area contributed by atoms with Crippen LogP contribution in [0, 0.1) is 11.3 Å². The number of piperidine rings is 1. The van der Waals surface area contributed by atoms with Crippen LogP contribution >= 0.6 is 0 Å². The van der Waals surface area contributed by atoms with Crippen LogP contribution in [0.5, 0.6) is 0 Å². The van der Waals surface area contributed by atoms with Crippen LogP contribution in [-0.2, 0) is 4.74 Å². The van der Waals surface area contributed by atoms with Gasteiger partial charge in [0, 0.05) is 13.1 Å². The predicted octanol–water partition coefficient (Wildman–Crippen LogP) is 1.83. The molecule has 1 heterocycles. The Morgan fingerprint density at radius 1 is 1.56 bits per heavy atom. The monoisotopic (exact) mass is 252 g/mol. The van der Waals surface area contributed by atoms with Crippen LogP contribution in [0.3, 0.4) is 0 Å². The highest BCUT2D eigenvalue weighted by Gasteiger charge is 2.26. The van der Waals surface area contributed by atoms with E-state index in [9.17, 15) is 4.79 Å². The zero-order valence-corrected chi connectivity index (χ0v) is 11.2. The minimum atomic E-state index is -0.520. The number of nitrogens with zero attached hydrogens (tertiary/aromatic N) is 2. The van der Waals surface area contributed by atoms with Crippen LogP contribution in [0.4, 0.5) is 4.79 Å². The molecule has 100 valence electrons. The van der Waals surface area contributed by atoms with Crippen molar-refractivity contribution < 1.29 is 14.6 Å². The fraction of sp³-hybridized carbons (Fsp3) is 0.692. The highest BCUT2D eigenvalue weighted by atomic mass is 16.6. The van der Waals surface area contributed by atoms with Gasteiger partial charge in [0.2, 0.25) is 0 Å². The molecule has 0 aromatic heterocycles. The van der Waals surface area contributed by atoms with E-state index in [-0.39, 0.29) is 12.7 Å². The van der Waals surface area contributed by atoms with E-state index in [0.717, 1.165) is 18.4 Å². The van der Waals surface area contributed by atoms with Crippen LogP contribution in [0.2, 0.25) is 0 Å². The van der Waals surface area contributed by atoms with Gasteiger partial charge in [-0.15, -0.1) is 0 Å². The molecule has 1 fully saturated rings. The van der Waals surface area contributed by atoms with Crippen molar-refractivity contribution in [3.63, 3.8) is 0 Å². The van der Waals surface area contributed by atoms with E-state index in [2.05, 4.69) is 0 Å². The fourth-order valence-corrected chi connectivity index (χ4v) is 1.83. The summed E-state index contributed by atoms with van der Waals surface area (Å²) in [6, 6.07) is 1.98. The first kappa shape index (κ1) is 14.5. The van der Waals surface area contributed by atoms with Gasteiger partial charge >= 0.3 is 6.09 Å². The van der Waals surface area contributed by atoms with E-state index in [1.54, 1.807) is 4.90 Å². The second-order valence-electron chi connectivity index (χ2n) is 5.36. The van der Waals surface area contributed by atoms with Crippen LogP contribution in [0.1, 0.15) is 33.6 Å². The maximum Gasteiger partial charge on any atom is 0.410 e. The Morgan fingerprint density at radius 3 is 2.72 bits per heavy atom. The van der Waals surface area contributed by atoms with Crippen LogP contribution in [0.25, 0.3) is 0 Å². The normalized spacial score (nSPS) is 19.2. The largest absolute Gasteiger partial charge is 0.444 e. The lowest BCUT2D eigenvalue weighted by Crippen LogP contribution is -2.41. The number of amides is 1. The van der Waals surface area contributed by atoms with Crippen molar-refractivity contribution in [2.24, 2.45) is 0 Å². The summed E-state index contributed by atoms with van der Waals surface area (Å²) in [6.07, 6.45) is 1.18. The van der Waals surface area contributed by atoms with Gasteiger partial charge in [-0.2, -0.15) is 5.26 Å². The first-order valence-electron chi connectivity index (χ1n) is 6.07. The SMILES string of the molecule is CC(C)(C)OC(=O)N1CCCC(=C(C#N)CO)C1. The maximum atomic E-state index is 11.9. The summed E-state index contributed by atoms with van der Waals surface area (Å²) in [7, 11) is 0. The Hall–Kier alpha value is -1.54. The summed E-state index contributed by atoms with van der Waals surface area (Å²) < 4.78 is 5.29. The van der Waals surface area contributed by atoms with Crippen LogP contribution < -0.4 is 0 Å². The first-order chi connectivity index (χ1) is 8.37. The quantitative estimate of drug-likeness (QED) is 0.722. The van der Waals surface area contributed by atoms with Crippen LogP contribution in [0.15, 0.2) is 11.1 Å². The standard InChI is InChI=1S/C13H20N2O3/c1-13(2,3)18-12(17)15-6-4-5-10(8-15)11(7-14)9-16/h16H,4-6,8-9H2,1-3H3. The minimum Gasteiger partial charge on any atom is -0.444 e. The number of ether oxygens (including phenoxy) is 1. The van der Waals surface area contributed by atoms with Crippen molar-refractivity contribution in [2.45, 2.75) is 39.2 Å². The molecule has 0 aliphatic carbocycles. The molecule has 0 bridgehead atoms. The molecule has 1 rings (SSSR count). The highest BCUT2D eigenvalue weighted by molar-refractivity contribution is 5.68. The Bertz CT molecular complexity index is 388. The van der Waals surface area contributed by atoms with Gasteiger partial charge in [-0.1, -0.05) is 0 Å². The number of carbonyl (C=O) groups excluding carboxylic acids is 1. The van der Waals surface area contributed by atoms with E-state index in [1.807, 2.05) is 26.8 Å². The number of rotatable bonds is 1. The molecule has 1 aliphatic heterocycles. The van der Waals surface area contributed by atoms with Crippen molar-refractivity contribution in [1.29, 1.82) is 5.26 Å². The molecule has 5 heteroatoms. The summed E-state index contributed by atoms with van der Waals surface area (Å²) in [4.78, 5) is 13.5. The zero-order valence-electron chi connectivity index (χ0n) is 11.2. The molecule has 0 saturated carbocycles. The molecule has 1 saturated heterocycles. The molecule has 18 heavy (non-hydrogen) atoms. The summed E-state index contributed by atoms with van der Waals surface area (Å²) in [5.74, 6) is 0. The van der Waals surface area contributed by atoms with Gasteiger partial charge in [-0.05, 0) is 39.2 Å². The van der Waals surface area contributed by atoms with Crippen molar-refractivity contribution in [3.05, 3.63) is 11.1 Å². The number of likely N-dealkylation sites (tertiary alicyclic amines) is 1. The average molecular weight is 252 g/mol. The lowest BCUT2D eigenvalue weighted by molar-refractivity contribution is 0.0246. The third-order valence-corrected chi connectivity index (χ3v) is 2.66. The molecule has 0 aromatic carbocycles. The average Bonchev–Trinajstić information content (AvgIpc) is 2.29. The van der Waals surface area contributed by atoms with Crippen molar-refractivity contribution in [2.75, 3.05) is 19.7 Å². The minimum absolute atomic E-state index is 0.270. The Balaban J connectivity index is 2.73. The van der Waals surface area contributed by atoms with Gasteiger partial charge in [0.05, 0.1) is 18.2 Å². The van der Waals surface area contributed by atoms with Gasteiger partial charge < -0.3 is 14.7 Å².